The molecule has 0 N–H and O–H groups in total. The number of nitro benzene ring substituents is 2. The summed E-state index contributed by atoms with van der Waals surface area (Å²) in [4.78, 5) is 43.2. The first kappa shape index (κ1) is 17.3. The Hall–Kier alpha value is -2.71. The number of nitro groups is 2. The zero-order chi connectivity index (χ0) is 17.0. The minimum Gasteiger partial charge on any atom is -0.296 e. The van der Waals surface area contributed by atoms with Crippen LogP contribution in [0.2, 0.25) is 0 Å². The van der Waals surface area contributed by atoms with Gasteiger partial charge in [0.25, 0.3) is 11.4 Å². The van der Waals surface area contributed by atoms with Gasteiger partial charge in [-0.05, 0) is 5.92 Å². The molecule has 1 rings (SSSR count). The molecule has 0 aromatic heterocycles. The molecule has 0 fully saturated rings. The van der Waals surface area contributed by atoms with Crippen LogP contribution in [0.1, 0.15) is 30.6 Å². The molecule has 118 valence electrons. The number of hydrogen-bond acceptors (Lipinski definition) is 6. The van der Waals surface area contributed by atoms with Crippen molar-refractivity contribution >= 4 is 22.9 Å². The lowest BCUT2D eigenvalue weighted by Gasteiger charge is -2.08. The zero-order valence-corrected chi connectivity index (χ0v) is 11.8. The number of carbonyl (C=O) groups is 2. The van der Waals surface area contributed by atoms with Crippen LogP contribution in [0.4, 0.5) is 15.8 Å². The molecule has 0 aliphatic rings. The highest BCUT2D eigenvalue weighted by Gasteiger charge is 2.33. The lowest BCUT2D eigenvalue weighted by molar-refractivity contribution is -0.389. The maximum atomic E-state index is 13.9. The van der Waals surface area contributed by atoms with Crippen LogP contribution in [-0.2, 0) is 4.79 Å². The molecule has 0 bridgehead atoms. The number of alkyl halides is 1. The first-order valence-corrected chi connectivity index (χ1v) is 6.29. The molecule has 0 saturated heterocycles. The summed E-state index contributed by atoms with van der Waals surface area (Å²) in [5.74, 6) is -2.65. The fourth-order valence-corrected chi connectivity index (χ4v) is 1.78. The van der Waals surface area contributed by atoms with Crippen LogP contribution >= 0.6 is 0 Å². The van der Waals surface area contributed by atoms with E-state index >= 15 is 0 Å². The van der Waals surface area contributed by atoms with Crippen LogP contribution in [0, 0.1) is 26.1 Å². The predicted octanol–water partition coefficient (Wildman–Crippen LogP) is 2.64. The van der Waals surface area contributed by atoms with Crippen LogP contribution in [0.5, 0.6) is 0 Å². The Kier molecular flexibility index (Phi) is 5.39. The van der Waals surface area contributed by atoms with E-state index in [0.717, 1.165) is 12.1 Å². The molecule has 9 heteroatoms. The van der Waals surface area contributed by atoms with E-state index in [1.165, 1.54) is 0 Å². The SMILES string of the molecule is CC(C)CC(=O)C(F)C(=O)c1cc([N+](=O)[O-])ccc1[N+](=O)[O-]. The molecule has 0 heterocycles. The largest absolute Gasteiger partial charge is 0.296 e. The number of ketones is 2. The number of benzene rings is 1. The highest BCUT2D eigenvalue weighted by molar-refractivity contribution is 6.15. The van der Waals surface area contributed by atoms with Gasteiger partial charge < -0.3 is 0 Å². The van der Waals surface area contributed by atoms with Gasteiger partial charge in [0.1, 0.15) is 5.56 Å². The zero-order valence-electron chi connectivity index (χ0n) is 11.8. The second-order valence-electron chi connectivity index (χ2n) is 5.01. The second kappa shape index (κ2) is 6.83. The summed E-state index contributed by atoms with van der Waals surface area (Å²) in [6.45, 7) is 3.29. The van der Waals surface area contributed by atoms with Gasteiger partial charge in [-0.15, -0.1) is 0 Å². The molecule has 0 aliphatic carbocycles. The third-order valence-electron chi connectivity index (χ3n) is 2.78. The highest BCUT2D eigenvalue weighted by Crippen LogP contribution is 2.26. The van der Waals surface area contributed by atoms with Crippen molar-refractivity contribution in [2.24, 2.45) is 5.92 Å². The van der Waals surface area contributed by atoms with E-state index in [1.807, 2.05) is 0 Å². The van der Waals surface area contributed by atoms with Crippen molar-refractivity contribution in [2.45, 2.75) is 26.4 Å². The third kappa shape index (κ3) is 3.90. The Labute approximate surface area is 124 Å². The van der Waals surface area contributed by atoms with Crippen molar-refractivity contribution in [2.75, 3.05) is 0 Å². The van der Waals surface area contributed by atoms with Gasteiger partial charge in [-0.2, -0.15) is 0 Å². The number of carbonyl (C=O) groups excluding carboxylic acids is 2. The Morgan fingerprint density at radius 1 is 1.18 bits per heavy atom. The van der Waals surface area contributed by atoms with Crippen molar-refractivity contribution < 1.29 is 23.8 Å². The fraction of sp³-hybridized carbons (Fsp3) is 0.385. The number of hydrogen-bond donors (Lipinski definition) is 0. The molecular weight excluding hydrogens is 299 g/mol. The average molecular weight is 312 g/mol. The number of Topliss-reactive ketones (excluding diaryl/α,β-unsaturated/α-hetero) is 2. The van der Waals surface area contributed by atoms with Crippen molar-refractivity contribution in [1.29, 1.82) is 0 Å². The van der Waals surface area contributed by atoms with Gasteiger partial charge in [0.15, 0.2) is 5.78 Å². The maximum Gasteiger partial charge on any atom is 0.280 e. The van der Waals surface area contributed by atoms with Gasteiger partial charge in [0.05, 0.1) is 9.85 Å². The van der Waals surface area contributed by atoms with Gasteiger partial charge >= 0.3 is 0 Å². The van der Waals surface area contributed by atoms with Crippen molar-refractivity contribution in [3.8, 4) is 0 Å². The Morgan fingerprint density at radius 2 is 1.77 bits per heavy atom. The summed E-state index contributed by atoms with van der Waals surface area (Å²) in [5.41, 5.74) is -2.17. The summed E-state index contributed by atoms with van der Waals surface area (Å²) in [5, 5.41) is 21.5. The summed E-state index contributed by atoms with van der Waals surface area (Å²) in [7, 11) is 0. The monoisotopic (exact) mass is 312 g/mol. The molecule has 0 spiro atoms. The topological polar surface area (TPSA) is 120 Å². The van der Waals surface area contributed by atoms with Gasteiger partial charge in [-0.25, -0.2) is 4.39 Å². The third-order valence-corrected chi connectivity index (χ3v) is 2.78. The van der Waals surface area contributed by atoms with Crippen LogP contribution in [0.3, 0.4) is 0 Å². The van der Waals surface area contributed by atoms with Crippen LogP contribution in [0.25, 0.3) is 0 Å². The Morgan fingerprint density at radius 3 is 2.23 bits per heavy atom. The van der Waals surface area contributed by atoms with E-state index < -0.39 is 44.5 Å². The van der Waals surface area contributed by atoms with Crippen molar-refractivity contribution in [1.82, 2.24) is 0 Å². The molecular formula is C13H13FN2O6. The molecule has 0 amide bonds. The average Bonchev–Trinajstić information content (AvgIpc) is 2.43. The van der Waals surface area contributed by atoms with E-state index in [0.29, 0.717) is 6.07 Å². The van der Waals surface area contributed by atoms with Gasteiger partial charge in [-0.1, -0.05) is 13.8 Å². The minimum absolute atomic E-state index is 0.196. The van der Waals surface area contributed by atoms with Crippen LogP contribution < -0.4 is 0 Å². The molecule has 1 atom stereocenters. The Bertz CT molecular complexity index is 643. The van der Waals surface area contributed by atoms with Gasteiger partial charge in [0, 0.05) is 24.6 Å². The number of non-ortho nitro benzene ring substituents is 1. The Balaban J connectivity index is 3.25. The molecule has 1 aromatic carbocycles. The fourth-order valence-electron chi connectivity index (χ4n) is 1.78. The van der Waals surface area contributed by atoms with E-state index in [2.05, 4.69) is 0 Å². The van der Waals surface area contributed by atoms with Gasteiger partial charge in [0.2, 0.25) is 12.0 Å². The van der Waals surface area contributed by atoms with E-state index in [1.54, 1.807) is 13.8 Å². The van der Waals surface area contributed by atoms with Crippen LogP contribution in [0.15, 0.2) is 18.2 Å². The molecule has 8 nitrogen and oxygen atoms in total. The molecule has 0 radical (unpaired) electrons. The van der Waals surface area contributed by atoms with Gasteiger partial charge in [-0.3, -0.25) is 29.8 Å². The standard InChI is InChI=1S/C13H13FN2O6/c1-7(2)5-11(17)12(14)13(18)9-6-8(15(19)20)3-4-10(9)16(21)22/h3-4,6-7,12H,5H2,1-2H3. The molecule has 22 heavy (non-hydrogen) atoms. The van der Waals surface area contributed by atoms with Crippen LogP contribution in [-0.4, -0.2) is 27.6 Å². The second-order valence-corrected chi connectivity index (χ2v) is 5.01. The molecule has 1 unspecified atom stereocenters. The van der Waals surface area contributed by atoms with Crippen molar-refractivity contribution in [3.05, 3.63) is 44.0 Å². The number of halogens is 1. The smallest absolute Gasteiger partial charge is 0.280 e. The maximum absolute atomic E-state index is 13.9. The molecule has 1 aromatic rings. The minimum atomic E-state index is -2.58. The van der Waals surface area contributed by atoms with E-state index in [9.17, 15) is 34.2 Å². The molecule has 0 aliphatic heterocycles. The summed E-state index contributed by atoms with van der Waals surface area (Å²) in [6.07, 6.45) is -2.79. The highest BCUT2D eigenvalue weighted by atomic mass is 19.1. The van der Waals surface area contributed by atoms with Crippen molar-refractivity contribution in [3.63, 3.8) is 0 Å². The summed E-state index contributed by atoms with van der Waals surface area (Å²) >= 11 is 0. The van der Waals surface area contributed by atoms with E-state index in [4.69, 9.17) is 0 Å². The summed E-state index contributed by atoms with van der Waals surface area (Å²) in [6, 6.07) is 2.18. The predicted molar refractivity (Wildman–Crippen MR) is 73.4 cm³/mol. The number of nitrogens with zero attached hydrogens (tertiary/aromatic N) is 2. The lowest BCUT2D eigenvalue weighted by Crippen LogP contribution is -2.27. The number of rotatable bonds is 7. The normalized spacial score (nSPS) is 12.0. The first-order valence-electron chi connectivity index (χ1n) is 6.29. The molecule has 0 saturated carbocycles. The quantitative estimate of drug-likeness (QED) is 0.330. The first-order chi connectivity index (χ1) is 10.1. The van der Waals surface area contributed by atoms with E-state index in [-0.39, 0.29) is 12.3 Å². The lowest BCUT2D eigenvalue weighted by atomic mass is 9.97. The summed E-state index contributed by atoms with van der Waals surface area (Å²) < 4.78 is 13.9.